The largest absolute Gasteiger partial charge is 0.378 e. The molecule has 0 radical (unpaired) electrons. The number of hydrogen-bond acceptors (Lipinski definition) is 3. The minimum absolute atomic E-state index is 0.244. The number of likely N-dealkylation sites (N-methyl/N-ethyl adjacent to an activating group) is 1. The number of carbonyl (C=O) groups is 1. The fourth-order valence-corrected chi connectivity index (χ4v) is 5.86. The third-order valence-corrected chi connectivity index (χ3v) is 9.15. The summed E-state index contributed by atoms with van der Waals surface area (Å²) in [6, 6.07) is 7.37. The second-order valence-corrected chi connectivity index (χ2v) is 12.1. The van der Waals surface area contributed by atoms with E-state index >= 15 is 0 Å². The number of aromatic amines is 1. The number of H-pyrrole nitrogens is 1. The fourth-order valence-electron chi connectivity index (χ4n) is 5.86. The summed E-state index contributed by atoms with van der Waals surface area (Å²) in [5.74, 6) is 1.65. The number of benzene rings is 1. The van der Waals surface area contributed by atoms with Crippen LogP contribution in [-0.4, -0.2) is 66.6 Å². The number of nitrogens with one attached hydrogen (secondary N) is 1. The Labute approximate surface area is 236 Å². The Bertz CT molecular complexity index is 1240. The van der Waals surface area contributed by atoms with E-state index in [1.807, 2.05) is 13.1 Å². The van der Waals surface area contributed by atoms with Crippen molar-refractivity contribution in [3.05, 3.63) is 64.9 Å². The van der Waals surface area contributed by atoms with Gasteiger partial charge in [0.25, 0.3) is 0 Å². The van der Waals surface area contributed by atoms with Crippen LogP contribution in [-0.2, 0) is 9.53 Å². The molecule has 5 heteroatoms. The van der Waals surface area contributed by atoms with Gasteiger partial charge in [-0.3, -0.25) is 9.69 Å². The maximum atomic E-state index is 12.9. The highest BCUT2D eigenvalue weighted by Crippen LogP contribution is 2.38. The zero-order chi connectivity index (χ0) is 28.3. The Morgan fingerprint density at radius 3 is 2.46 bits per heavy atom. The zero-order valence-corrected chi connectivity index (χ0v) is 25.3. The van der Waals surface area contributed by atoms with Gasteiger partial charge in [-0.2, -0.15) is 0 Å². The van der Waals surface area contributed by atoms with Crippen molar-refractivity contribution in [1.29, 1.82) is 0 Å². The summed E-state index contributed by atoms with van der Waals surface area (Å²) in [6.07, 6.45) is 7.50. The van der Waals surface area contributed by atoms with Crippen LogP contribution < -0.4 is 0 Å². The van der Waals surface area contributed by atoms with E-state index in [1.165, 1.54) is 44.4 Å². The van der Waals surface area contributed by atoms with Crippen LogP contribution in [0.1, 0.15) is 89.5 Å². The zero-order valence-electron chi connectivity index (χ0n) is 25.3. The number of ether oxygens (including phenoxy) is 1. The lowest BCUT2D eigenvalue weighted by Gasteiger charge is -2.37. The van der Waals surface area contributed by atoms with Crippen LogP contribution in [0.3, 0.4) is 0 Å². The number of allylic oxidation sites excluding steroid dienone is 5. The van der Waals surface area contributed by atoms with Gasteiger partial charge in [-0.05, 0) is 86.7 Å². The highest BCUT2D eigenvalue weighted by molar-refractivity contribution is 5.93. The fraction of sp³-hybridized carbons (Fsp3) is 0.559. The highest BCUT2D eigenvalue weighted by Gasteiger charge is 2.29. The maximum Gasteiger partial charge on any atom is 0.236 e. The highest BCUT2D eigenvalue weighted by atomic mass is 16.5. The molecule has 0 spiro atoms. The third-order valence-electron chi connectivity index (χ3n) is 9.15. The van der Waals surface area contributed by atoms with Gasteiger partial charge in [-0.1, -0.05) is 58.1 Å². The molecule has 0 aliphatic carbocycles. The molecule has 1 aromatic heterocycles. The van der Waals surface area contributed by atoms with Gasteiger partial charge < -0.3 is 14.6 Å². The van der Waals surface area contributed by atoms with E-state index in [0.717, 1.165) is 45.6 Å². The number of carbonyl (C=O) groups excluding carboxylic acids is 1. The molecule has 1 amide bonds. The van der Waals surface area contributed by atoms with Crippen molar-refractivity contribution in [2.24, 2.45) is 5.92 Å². The van der Waals surface area contributed by atoms with Gasteiger partial charge in [0, 0.05) is 29.6 Å². The summed E-state index contributed by atoms with van der Waals surface area (Å²) in [5.41, 5.74) is 9.02. The first-order valence-electron chi connectivity index (χ1n) is 14.9. The maximum absolute atomic E-state index is 12.9. The lowest BCUT2D eigenvalue weighted by molar-refractivity contribution is -0.136. The second kappa shape index (κ2) is 12.7. The van der Waals surface area contributed by atoms with Crippen LogP contribution in [0, 0.1) is 5.92 Å². The van der Waals surface area contributed by atoms with Crippen LogP contribution >= 0.6 is 0 Å². The summed E-state index contributed by atoms with van der Waals surface area (Å²) in [7, 11) is 2.03. The Morgan fingerprint density at radius 2 is 1.90 bits per heavy atom. The Hall–Kier alpha value is -2.63. The lowest BCUT2D eigenvalue weighted by Crippen LogP contribution is -2.51. The molecule has 1 N–H and O–H groups in total. The van der Waals surface area contributed by atoms with Gasteiger partial charge in [0.2, 0.25) is 5.91 Å². The number of hydrogen-bond donors (Lipinski definition) is 1. The van der Waals surface area contributed by atoms with Gasteiger partial charge in [0.1, 0.15) is 0 Å². The van der Waals surface area contributed by atoms with E-state index in [2.05, 4.69) is 87.2 Å². The molecule has 2 aliphatic heterocycles. The van der Waals surface area contributed by atoms with Gasteiger partial charge in [0.05, 0.1) is 31.5 Å². The van der Waals surface area contributed by atoms with Crippen LogP contribution in [0.5, 0.6) is 0 Å². The Morgan fingerprint density at radius 1 is 1.21 bits per heavy atom. The average molecular weight is 532 g/mol. The monoisotopic (exact) mass is 531 g/mol. The van der Waals surface area contributed by atoms with E-state index in [1.54, 1.807) is 0 Å². The predicted octanol–water partition coefficient (Wildman–Crippen LogP) is 7.28. The van der Waals surface area contributed by atoms with Crippen LogP contribution in [0.25, 0.3) is 16.5 Å². The smallest absolute Gasteiger partial charge is 0.236 e. The summed E-state index contributed by atoms with van der Waals surface area (Å²) in [6.45, 7) is 21.3. The molecule has 2 aromatic rings. The number of fused-ring (bicyclic) bond motifs is 1. The van der Waals surface area contributed by atoms with Crippen molar-refractivity contribution in [2.75, 3.05) is 39.9 Å². The molecule has 0 saturated carbocycles. The molecule has 1 aromatic carbocycles. The second-order valence-electron chi connectivity index (χ2n) is 12.1. The summed E-state index contributed by atoms with van der Waals surface area (Å²) in [5, 5.41) is 1.32. The van der Waals surface area contributed by atoms with Crippen molar-refractivity contribution < 1.29 is 9.53 Å². The van der Waals surface area contributed by atoms with Crippen molar-refractivity contribution in [2.45, 2.75) is 78.7 Å². The number of piperidine rings is 1. The summed E-state index contributed by atoms with van der Waals surface area (Å²) < 4.78 is 5.28. The standard InChI is InChI=1S/C34H49N3O2/c1-9-23(5)25(7)17-29(24(6)10-2)34-33(22(3)4)30-18-27(11-12-31(30)35-34)26-13-15-37(16-14-26)32(38)19-36(8)28-20-39-21-28/h10-12,17-18,22-23,26,28,35H,2,9,13-16,19-21H2,1,3-8H3/b25-17-,29-24+. The molecule has 3 heterocycles. The Balaban J connectivity index is 1.58. The number of aromatic nitrogens is 1. The predicted molar refractivity (Wildman–Crippen MR) is 164 cm³/mol. The summed E-state index contributed by atoms with van der Waals surface area (Å²) >= 11 is 0. The minimum atomic E-state index is 0.244. The molecule has 2 fully saturated rings. The molecule has 1 atom stereocenters. The van der Waals surface area contributed by atoms with Crippen LogP contribution in [0.15, 0.2) is 48.1 Å². The quantitative estimate of drug-likeness (QED) is 0.328. The third kappa shape index (κ3) is 6.41. The number of nitrogens with zero attached hydrogens (tertiary/aromatic N) is 2. The molecular weight excluding hydrogens is 482 g/mol. The van der Waals surface area contributed by atoms with Gasteiger partial charge in [-0.15, -0.1) is 0 Å². The van der Waals surface area contributed by atoms with E-state index in [9.17, 15) is 4.79 Å². The first kappa shape index (κ1) is 29.4. The molecule has 2 aliphatic rings. The molecule has 5 nitrogen and oxygen atoms in total. The molecule has 4 rings (SSSR count). The lowest BCUT2D eigenvalue weighted by atomic mass is 9.87. The molecule has 2 saturated heterocycles. The molecule has 0 bridgehead atoms. The SMILES string of the molecule is C=C/C(C)=C(\C=C(\C)C(C)CC)c1[nH]c2ccc(C3CCN(C(=O)CN(C)C4COC4)CC3)cc2c1C(C)C. The molecule has 1 unspecified atom stereocenters. The average Bonchev–Trinajstić information content (AvgIpc) is 3.28. The topological polar surface area (TPSA) is 48.6 Å². The van der Waals surface area contributed by atoms with E-state index in [-0.39, 0.29) is 5.91 Å². The van der Waals surface area contributed by atoms with Crippen LogP contribution in [0.4, 0.5) is 0 Å². The number of likely N-dealkylation sites (tertiary alicyclic amines) is 1. The number of rotatable bonds is 10. The molecular formula is C34H49N3O2. The number of amides is 1. The van der Waals surface area contributed by atoms with Gasteiger partial charge in [0.15, 0.2) is 0 Å². The molecule has 212 valence electrons. The first-order chi connectivity index (χ1) is 18.6. The first-order valence-corrected chi connectivity index (χ1v) is 14.9. The van der Waals surface area contributed by atoms with Crippen molar-refractivity contribution in [1.82, 2.24) is 14.8 Å². The van der Waals surface area contributed by atoms with Crippen molar-refractivity contribution in [3.8, 4) is 0 Å². The van der Waals surface area contributed by atoms with Gasteiger partial charge >= 0.3 is 0 Å². The normalized spacial score (nSPS) is 19.0. The van der Waals surface area contributed by atoms with E-state index in [0.29, 0.717) is 30.3 Å². The summed E-state index contributed by atoms with van der Waals surface area (Å²) in [4.78, 5) is 20.9. The van der Waals surface area contributed by atoms with Crippen LogP contribution in [0.2, 0.25) is 0 Å². The van der Waals surface area contributed by atoms with Crippen molar-refractivity contribution in [3.63, 3.8) is 0 Å². The molecule has 39 heavy (non-hydrogen) atoms. The van der Waals surface area contributed by atoms with Gasteiger partial charge in [-0.25, -0.2) is 0 Å². The van der Waals surface area contributed by atoms with Crippen molar-refractivity contribution >= 4 is 22.4 Å². The van der Waals surface area contributed by atoms with E-state index < -0.39 is 0 Å². The Kier molecular flexibility index (Phi) is 9.56. The minimum Gasteiger partial charge on any atom is -0.378 e. The van der Waals surface area contributed by atoms with E-state index in [4.69, 9.17) is 4.74 Å².